The van der Waals surface area contributed by atoms with Crippen LogP contribution in [0.1, 0.15) is 42.3 Å². The zero-order valence-electron chi connectivity index (χ0n) is 14.1. The molecule has 0 aliphatic carbocycles. The van der Waals surface area contributed by atoms with E-state index < -0.39 is 35.0 Å². The SMILES string of the molecule is CCN(CC)[C@H](C)CNC(=O)c1cc(C(F)(F)F)cc(C(F)(F)F)c1. The largest absolute Gasteiger partial charge is 0.416 e. The average Bonchev–Trinajstić information content (AvgIpc) is 2.51. The zero-order chi connectivity index (χ0) is 19.4. The highest BCUT2D eigenvalue weighted by Crippen LogP contribution is 2.36. The molecule has 0 saturated carbocycles. The summed E-state index contributed by atoms with van der Waals surface area (Å²) in [7, 11) is 0. The summed E-state index contributed by atoms with van der Waals surface area (Å²) in [5, 5.41) is 2.39. The van der Waals surface area contributed by atoms with Crippen molar-refractivity contribution in [1.29, 1.82) is 0 Å². The molecule has 1 N–H and O–H groups in total. The first kappa shape index (κ1) is 21.3. The van der Waals surface area contributed by atoms with Crippen LogP contribution >= 0.6 is 0 Å². The minimum atomic E-state index is -4.98. The van der Waals surface area contributed by atoms with Gasteiger partial charge in [-0.3, -0.25) is 9.69 Å². The molecule has 0 aromatic heterocycles. The van der Waals surface area contributed by atoms with E-state index in [0.717, 1.165) is 0 Å². The maximum absolute atomic E-state index is 12.8. The van der Waals surface area contributed by atoms with Crippen LogP contribution in [0.5, 0.6) is 0 Å². The van der Waals surface area contributed by atoms with Crippen LogP contribution < -0.4 is 5.32 Å². The molecule has 1 aromatic rings. The second kappa shape index (κ2) is 8.07. The lowest BCUT2D eigenvalue weighted by Crippen LogP contribution is -2.42. The van der Waals surface area contributed by atoms with Crippen molar-refractivity contribution < 1.29 is 31.1 Å². The van der Waals surface area contributed by atoms with Gasteiger partial charge in [0.1, 0.15) is 0 Å². The topological polar surface area (TPSA) is 32.3 Å². The fourth-order valence-electron chi connectivity index (χ4n) is 2.40. The van der Waals surface area contributed by atoms with Gasteiger partial charge in [0.05, 0.1) is 11.1 Å². The number of alkyl halides is 6. The van der Waals surface area contributed by atoms with Gasteiger partial charge in [-0.1, -0.05) is 13.8 Å². The highest BCUT2D eigenvalue weighted by Gasteiger charge is 2.37. The van der Waals surface area contributed by atoms with E-state index in [0.29, 0.717) is 25.2 Å². The van der Waals surface area contributed by atoms with Gasteiger partial charge in [-0.25, -0.2) is 0 Å². The number of amides is 1. The Morgan fingerprint density at radius 1 is 1.00 bits per heavy atom. The van der Waals surface area contributed by atoms with Gasteiger partial charge < -0.3 is 5.32 Å². The third kappa shape index (κ3) is 5.91. The molecular formula is C16H20F6N2O. The number of halogens is 6. The van der Waals surface area contributed by atoms with Crippen molar-refractivity contribution in [3.05, 3.63) is 34.9 Å². The smallest absolute Gasteiger partial charge is 0.350 e. The first-order chi connectivity index (χ1) is 11.4. The van der Waals surface area contributed by atoms with Crippen molar-refractivity contribution in [2.45, 2.75) is 39.2 Å². The van der Waals surface area contributed by atoms with Crippen molar-refractivity contribution >= 4 is 5.91 Å². The lowest BCUT2D eigenvalue weighted by Gasteiger charge is -2.26. The van der Waals surface area contributed by atoms with Crippen molar-refractivity contribution in [1.82, 2.24) is 10.2 Å². The van der Waals surface area contributed by atoms with Crippen LogP contribution in [0.2, 0.25) is 0 Å². The van der Waals surface area contributed by atoms with Gasteiger partial charge in [-0.05, 0) is 38.2 Å². The van der Waals surface area contributed by atoms with Crippen molar-refractivity contribution in [2.75, 3.05) is 19.6 Å². The number of carbonyl (C=O) groups excluding carboxylic acids is 1. The average molecular weight is 370 g/mol. The molecule has 0 spiro atoms. The first-order valence-electron chi connectivity index (χ1n) is 7.71. The van der Waals surface area contributed by atoms with Crippen LogP contribution in [0.15, 0.2) is 18.2 Å². The number of benzene rings is 1. The van der Waals surface area contributed by atoms with Crippen LogP contribution in [0.25, 0.3) is 0 Å². The molecule has 1 atom stereocenters. The normalized spacial score (nSPS) is 13.8. The van der Waals surface area contributed by atoms with E-state index >= 15 is 0 Å². The summed E-state index contributed by atoms with van der Waals surface area (Å²) < 4.78 is 76.8. The Hall–Kier alpha value is -1.77. The predicted octanol–water partition coefficient (Wildman–Crippen LogP) is 4.18. The van der Waals surface area contributed by atoms with Crippen LogP contribution in [0.4, 0.5) is 26.3 Å². The second-order valence-corrected chi connectivity index (χ2v) is 5.57. The van der Waals surface area contributed by atoms with Gasteiger partial charge in [-0.2, -0.15) is 26.3 Å². The highest BCUT2D eigenvalue weighted by atomic mass is 19.4. The van der Waals surface area contributed by atoms with Gasteiger partial charge in [0.25, 0.3) is 5.91 Å². The van der Waals surface area contributed by atoms with E-state index in [4.69, 9.17) is 0 Å². The number of carbonyl (C=O) groups is 1. The third-order valence-electron chi connectivity index (χ3n) is 3.84. The minimum Gasteiger partial charge on any atom is -0.350 e. The molecule has 0 fully saturated rings. The maximum atomic E-state index is 12.8. The van der Waals surface area contributed by atoms with Crippen LogP contribution in [0, 0.1) is 0 Å². The van der Waals surface area contributed by atoms with Gasteiger partial charge in [0.15, 0.2) is 0 Å². The molecule has 3 nitrogen and oxygen atoms in total. The number of hydrogen-bond donors (Lipinski definition) is 1. The van der Waals surface area contributed by atoms with E-state index in [1.807, 2.05) is 18.7 Å². The van der Waals surface area contributed by atoms with Crippen LogP contribution in [-0.4, -0.2) is 36.5 Å². The molecule has 25 heavy (non-hydrogen) atoms. The fourth-order valence-corrected chi connectivity index (χ4v) is 2.40. The van der Waals surface area contributed by atoms with E-state index in [9.17, 15) is 31.1 Å². The van der Waals surface area contributed by atoms with Gasteiger partial charge in [0.2, 0.25) is 0 Å². The molecule has 0 heterocycles. The third-order valence-corrected chi connectivity index (χ3v) is 3.84. The summed E-state index contributed by atoms with van der Waals surface area (Å²) in [5.41, 5.74) is -3.69. The summed E-state index contributed by atoms with van der Waals surface area (Å²) in [6.45, 7) is 7.14. The van der Waals surface area contributed by atoms with E-state index in [-0.39, 0.29) is 18.7 Å². The molecule has 1 amide bonds. The highest BCUT2D eigenvalue weighted by molar-refractivity contribution is 5.94. The number of rotatable bonds is 6. The van der Waals surface area contributed by atoms with Gasteiger partial charge in [-0.15, -0.1) is 0 Å². The summed E-state index contributed by atoms with van der Waals surface area (Å²) in [6, 6.07) is 0.737. The summed E-state index contributed by atoms with van der Waals surface area (Å²) >= 11 is 0. The molecule has 0 unspecified atom stereocenters. The lowest BCUT2D eigenvalue weighted by atomic mass is 10.0. The van der Waals surface area contributed by atoms with Crippen molar-refractivity contribution in [3.8, 4) is 0 Å². The number of likely N-dealkylation sites (N-methyl/N-ethyl adjacent to an activating group) is 1. The Kier molecular flexibility index (Phi) is 6.87. The molecule has 0 bridgehead atoms. The Bertz CT molecular complexity index is 561. The van der Waals surface area contributed by atoms with Crippen molar-refractivity contribution in [3.63, 3.8) is 0 Å². The molecule has 142 valence electrons. The molecule has 0 radical (unpaired) electrons. The molecule has 9 heteroatoms. The van der Waals surface area contributed by atoms with Gasteiger partial charge >= 0.3 is 12.4 Å². The Morgan fingerprint density at radius 3 is 1.80 bits per heavy atom. The van der Waals surface area contributed by atoms with Gasteiger partial charge in [0, 0.05) is 18.2 Å². The number of hydrogen-bond acceptors (Lipinski definition) is 2. The zero-order valence-corrected chi connectivity index (χ0v) is 14.1. The Balaban J connectivity index is 3.05. The van der Waals surface area contributed by atoms with E-state index in [1.165, 1.54) is 0 Å². The van der Waals surface area contributed by atoms with Crippen molar-refractivity contribution in [2.24, 2.45) is 0 Å². The quantitative estimate of drug-likeness (QED) is 0.762. The summed E-state index contributed by atoms with van der Waals surface area (Å²) in [4.78, 5) is 14.0. The summed E-state index contributed by atoms with van der Waals surface area (Å²) in [6.07, 6.45) is -9.96. The Labute approximate surface area is 142 Å². The van der Waals surface area contributed by atoms with Crippen LogP contribution in [0.3, 0.4) is 0 Å². The predicted molar refractivity (Wildman–Crippen MR) is 81.2 cm³/mol. The molecule has 0 aliphatic heterocycles. The standard InChI is InChI=1S/C16H20F6N2O/c1-4-24(5-2)10(3)9-23-14(25)11-6-12(15(17,18)19)8-13(7-11)16(20,21)22/h6-8,10H,4-5,9H2,1-3H3,(H,23,25)/t10-/m1/s1. The fraction of sp³-hybridized carbons (Fsp3) is 0.562. The second-order valence-electron chi connectivity index (χ2n) is 5.57. The number of nitrogens with zero attached hydrogens (tertiary/aromatic N) is 1. The molecule has 0 saturated heterocycles. The minimum absolute atomic E-state index is 0.00466. The van der Waals surface area contributed by atoms with E-state index in [2.05, 4.69) is 5.32 Å². The Morgan fingerprint density at radius 2 is 1.44 bits per heavy atom. The molecule has 0 aliphatic rings. The monoisotopic (exact) mass is 370 g/mol. The number of nitrogens with one attached hydrogen (secondary N) is 1. The maximum Gasteiger partial charge on any atom is 0.416 e. The molecule has 1 aromatic carbocycles. The lowest BCUT2D eigenvalue weighted by molar-refractivity contribution is -0.143. The van der Waals surface area contributed by atoms with E-state index in [1.54, 1.807) is 6.92 Å². The first-order valence-corrected chi connectivity index (χ1v) is 7.71. The molecular weight excluding hydrogens is 350 g/mol. The molecule has 1 rings (SSSR count). The van der Waals surface area contributed by atoms with Crippen LogP contribution in [-0.2, 0) is 12.4 Å². The summed E-state index contributed by atoms with van der Waals surface area (Å²) in [5.74, 6) is -0.976.